The Morgan fingerprint density at radius 3 is 2.84 bits per heavy atom. The van der Waals surface area contributed by atoms with Crippen LogP contribution in [0.4, 0.5) is 5.82 Å². The normalized spacial score (nSPS) is 24.4. The summed E-state index contributed by atoms with van der Waals surface area (Å²) in [6, 6.07) is 1.85. The Morgan fingerprint density at radius 2 is 2.16 bits per heavy atom. The van der Waals surface area contributed by atoms with Gasteiger partial charge in [0, 0.05) is 25.3 Å². The van der Waals surface area contributed by atoms with Gasteiger partial charge in [0.25, 0.3) is 0 Å². The van der Waals surface area contributed by atoms with E-state index in [1.165, 1.54) is 6.33 Å². The van der Waals surface area contributed by atoms with E-state index in [4.69, 9.17) is 0 Å². The molecule has 1 saturated carbocycles. The van der Waals surface area contributed by atoms with Crippen LogP contribution >= 0.6 is 0 Å². The molecule has 19 heavy (non-hydrogen) atoms. The topological polar surface area (TPSA) is 75.2 Å². The Morgan fingerprint density at radius 1 is 1.32 bits per heavy atom. The molecule has 0 spiro atoms. The summed E-state index contributed by atoms with van der Waals surface area (Å²) in [5, 5.41) is -0.151. The minimum atomic E-state index is -3.10. The molecule has 1 aliphatic heterocycles. The van der Waals surface area contributed by atoms with Crippen molar-refractivity contribution >= 4 is 15.8 Å². The first-order valence-corrected chi connectivity index (χ1v) is 8.22. The highest BCUT2D eigenvalue weighted by Gasteiger charge is 2.37. The van der Waals surface area contributed by atoms with Gasteiger partial charge in [0.05, 0.1) is 5.25 Å². The first kappa shape index (κ1) is 12.8. The number of anilines is 1. The molecule has 0 aromatic carbocycles. The van der Waals surface area contributed by atoms with Gasteiger partial charge in [-0.1, -0.05) is 0 Å². The molecular weight excluding hydrogens is 264 g/mol. The van der Waals surface area contributed by atoms with E-state index in [0.29, 0.717) is 6.54 Å². The van der Waals surface area contributed by atoms with Crippen molar-refractivity contribution < 1.29 is 8.42 Å². The Hall–Kier alpha value is -1.21. The molecule has 0 bridgehead atoms. The lowest BCUT2D eigenvalue weighted by Gasteiger charge is -2.33. The van der Waals surface area contributed by atoms with Crippen molar-refractivity contribution in [2.24, 2.45) is 0 Å². The minimum absolute atomic E-state index is 0.00526. The third-order valence-corrected chi connectivity index (χ3v) is 5.62. The summed E-state index contributed by atoms with van der Waals surface area (Å²) in [6.07, 6.45) is 6.71. The highest BCUT2D eigenvalue weighted by Crippen LogP contribution is 2.28. The van der Waals surface area contributed by atoms with Crippen LogP contribution in [-0.2, 0) is 10.0 Å². The van der Waals surface area contributed by atoms with E-state index in [0.717, 1.165) is 38.0 Å². The predicted molar refractivity (Wildman–Crippen MR) is 72.3 cm³/mol. The fourth-order valence-corrected chi connectivity index (χ4v) is 4.07. The van der Waals surface area contributed by atoms with Gasteiger partial charge in [0.1, 0.15) is 12.1 Å². The third kappa shape index (κ3) is 3.03. The van der Waals surface area contributed by atoms with Crippen LogP contribution in [0.15, 0.2) is 18.6 Å². The SMILES string of the molecule is O=S(=O)(NC1CCCN(c2ccncn2)C1)C1CC1. The molecule has 1 aromatic rings. The maximum atomic E-state index is 11.9. The number of sulfonamides is 1. The van der Waals surface area contributed by atoms with Gasteiger partial charge in [-0.2, -0.15) is 0 Å². The lowest BCUT2D eigenvalue weighted by Crippen LogP contribution is -2.48. The zero-order valence-electron chi connectivity index (χ0n) is 10.7. The van der Waals surface area contributed by atoms with Crippen molar-refractivity contribution in [3.8, 4) is 0 Å². The zero-order valence-corrected chi connectivity index (χ0v) is 11.5. The number of rotatable bonds is 4. The quantitative estimate of drug-likeness (QED) is 0.871. The molecule has 1 aromatic heterocycles. The largest absolute Gasteiger partial charge is 0.355 e. The third-order valence-electron chi connectivity index (χ3n) is 3.61. The molecular formula is C12H18N4O2S. The molecule has 2 heterocycles. The number of aromatic nitrogens is 2. The average molecular weight is 282 g/mol. The molecule has 0 amide bonds. The van der Waals surface area contributed by atoms with Crippen LogP contribution in [0.25, 0.3) is 0 Å². The molecule has 1 unspecified atom stereocenters. The maximum absolute atomic E-state index is 11.9. The van der Waals surface area contributed by atoms with Gasteiger partial charge >= 0.3 is 0 Å². The molecule has 1 atom stereocenters. The molecule has 104 valence electrons. The summed E-state index contributed by atoms with van der Waals surface area (Å²) < 4.78 is 26.7. The minimum Gasteiger partial charge on any atom is -0.355 e. The Labute approximate surface area is 113 Å². The van der Waals surface area contributed by atoms with E-state index in [2.05, 4.69) is 19.6 Å². The van der Waals surface area contributed by atoms with Crippen molar-refractivity contribution in [2.75, 3.05) is 18.0 Å². The molecule has 2 fully saturated rings. The van der Waals surface area contributed by atoms with Gasteiger partial charge in [-0.05, 0) is 31.7 Å². The number of nitrogens with one attached hydrogen (secondary N) is 1. The van der Waals surface area contributed by atoms with E-state index < -0.39 is 10.0 Å². The standard InChI is InChI=1S/C12H18N4O2S/c17-19(18,11-3-4-11)15-10-2-1-7-16(8-10)12-5-6-13-9-14-12/h5-6,9-11,15H,1-4,7-8H2. The fourth-order valence-electron chi connectivity index (χ4n) is 2.46. The first-order valence-electron chi connectivity index (χ1n) is 6.67. The van der Waals surface area contributed by atoms with Crippen molar-refractivity contribution in [1.82, 2.24) is 14.7 Å². The number of hydrogen-bond donors (Lipinski definition) is 1. The van der Waals surface area contributed by atoms with Crippen molar-refractivity contribution in [3.63, 3.8) is 0 Å². The van der Waals surface area contributed by atoms with Gasteiger partial charge in [-0.3, -0.25) is 0 Å². The van der Waals surface area contributed by atoms with E-state index in [-0.39, 0.29) is 11.3 Å². The molecule has 1 saturated heterocycles. The van der Waals surface area contributed by atoms with Crippen LogP contribution in [-0.4, -0.2) is 42.8 Å². The highest BCUT2D eigenvalue weighted by atomic mass is 32.2. The van der Waals surface area contributed by atoms with Crippen molar-refractivity contribution in [1.29, 1.82) is 0 Å². The van der Waals surface area contributed by atoms with Crippen LogP contribution in [0.2, 0.25) is 0 Å². The number of nitrogens with zero attached hydrogens (tertiary/aromatic N) is 3. The predicted octanol–water partition coefficient (Wildman–Crippen LogP) is 0.527. The van der Waals surface area contributed by atoms with Gasteiger partial charge in [-0.15, -0.1) is 0 Å². The second kappa shape index (κ2) is 5.05. The Kier molecular flexibility index (Phi) is 3.40. The number of hydrogen-bond acceptors (Lipinski definition) is 5. The summed E-state index contributed by atoms with van der Waals surface area (Å²) in [4.78, 5) is 10.2. The van der Waals surface area contributed by atoms with Crippen molar-refractivity contribution in [2.45, 2.75) is 37.0 Å². The Bertz CT molecular complexity index is 530. The Balaban J connectivity index is 1.65. The molecule has 1 aliphatic carbocycles. The van der Waals surface area contributed by atoms with Gasteiger partial charge in [-0.25, -0.2) is 23.1 Å². The summed E-state index contributed by atoms with van der Waals surface area (Å²) in [5.41, 5.74) is 0. The first-order chi connectivity index (χ1) is 9.15. The fraction of sp³-hybridized carbons (Fsp3) is 0.667. The molecule has 2 aliphatic rings. The van der Waals surface area contributed by atoms with Gasteiger partial charge < -0.3 is 4.90 Å². The van der Waals surface area contributed by atoms with Crippen LogP contribution in [0.5, 0.6) is 0 Å². The summed E-state index contributed by atoms with van der Waals surface area (Å²) in [7, 11) is -3.10. The molecule has 7 heteroatoms. The molecule has 0 radical (unpaired) electrons. The number of piperidine rings is 1. The van der Waals surface area contributed by atoms with Crippen LogP contribution in [0.3, 0.4) is 0 Å². The van der Waals surface area contributed by atoms with Crippen LogP contribution < -0.4 is 9.62 Å². The second-order valence-electron chi connectivity index (χ2n) is 5.21. The maximum Gasteiger partial charge on any atom is 0.214 e. The highest BCUT2D eigenvalue weighted by molar-refractivity contribution is 7.90. The lowest BCUT2D eigenvalue weighted by atomic mass is 10.1. The van der Waals surface area contributed by atoms with E-state index >= 15 is 0 Å². The van der Waals surface area contributed by atoms with Gasteiger partial charge in [0.2, 0.25) is 10.0 Å². The molecule has 3 rings (SSSR count). The van der Waals surface area contributed by atoms with Gasteiger partial charge in [0.15, 0.2) is 0 Å². The molecule has 1 N–H and O–H groups in total. The van der Waals surface area contributed by atoms with E-state index in [1.54, 1.807) is 6.20 Å². The van der Waals surface area contributed by atoms with Crippen LogP contribution in [0, 0.1) is 0 Å². The van der Waals surface area contributed by atoms with Crippen LogP contribution in [0.1, 0.15) is 25.7 Å². The summed E-state index contributed by atoms with van der Waals surface area (Å²) in [6.45, 7) is 1.60. The summed E-state index contributed by atoms with van der Waals surface area (Å²) >= 11 is 0. The monoisotopic (exact) mass is 282 g/mol. The molecule has 6 nitrogen and oxygen atoms in total. The summed E-state index contributed by atoms with van der Waals surface area (Å²) in [5.74, 6) is 0.866. The average Bonchev–Trinajstić information content (AvgIpc) is 3.24. The van der Waals surface area contributed by atoms with E-state index in [1.807, 2.05) is 6.07 Å². The lowest BCUT2D eigenvalue weighted by molar-refractivity contribution is 0.463. The smallest absolute Gasteiger partial charge is 0.214 e. The van der Waals surface area contributed by atoms with E-state index in [9.17, 15) is 8.42 Å². The zero-order chi connectivity index (χ0) is 13.3. The van der Waals surface area contributed by atoms with Crippen molar-refractivity contribution in [3.05, 3.63) is 18.6 Å². The second-order valence-corrected chi connectivity index (χ2v) is 7.21.